The average Bonchev–Trinajstić information content (AvgIpc) is 3.19. The Hall–Kier alpha value is -3.52. The molecule has 160 valence electrons. The minimum atomic E-state index is -0.708. The number of benzene rings is 2. The number of nitrogens with one attached hydrogen (secondary N) is 1. The van der Waals surface area contributed by atoms with Crippen molar-refractivity contribution >= 4 is 23.2 Å². The van der Waals surface area contributed by atoms with Crippen molar-refractivity contribution in [3.63, 3.8) is 0 Å². The molecule has 31 heavy (non-hydrogen) atoms. The molecule has 0 saturated heterocycles. The Labute approximate surface area is 178 Å². The number of carbonyl (C=O) groups excluding carboxylic acids is 2. The summed E-state index contributed by atoms with van der Waals surface area (Å²) >= 11 is 0. The maximum Gasteiger partial charge on any atom is 0.253 e. The largest absolute Gasteiger partial charge is 0.443 e. The minimum Gasteiger partial charge on any atom is -0.443 e. The summed E-state index contributed by atoms with van der Waals surface area (Å²) in [5.74, 6) is -0.0189. The highest BCUT2D eigenvalue weighted by Crippen LogP contribution is 2.31. The van der Waals surface area contributed by atoms with Gasteiger partial charge < -0.3 is 14.5 Å². The van der Waals surface area contributed by atoms with Crippen molar-refractivity contribution in [2.45, 2.75) is 32.4 Å². The summed E-state index contributed by atoms with van der Waals surface area (Å²) in [5.41, 5.74) is 2.15. The van der Waals surface area contributed by atoms with Crippen molar-refractivity contribution in [2.24, 2.45) is 0 Å². The third kappa shape index (κ3) is 4.80. The van der Waals surface area contributed by atoms with Gasteiger partial charge in [0, 0.05) is 11.4 Å². The lowest BCUT2D eigenvalue weighted by atomic mass is 9.95. The van der Waals surface area contributed by atoms with Crippen LogP contribution in [0.3, 0.4) is 0 Å². The van der Waals surface area contributed by atoms with Crippen LogP contribution in [-0.2, 0) is 27.4 Å². The number of carbonyl (C=O) groups is 2. The second-order valence-electron chi connectivity index (χ2n) is 7.30. The molecule has 0 saturated carbocycles. The van der Waals surface area contributed by atoms with Crippen molar-refractivity contribution < 1.29 is 23.1 Å². The molecule has 1 aliphatic heterocycles. The SMILES string of the molecule is Cc1cnc(COCC(=O)N2c3ccccc3CCC2C(=O)Nc2ccc(F)cc2)o1. The van der Waals surface area contributed by atoms with E-state index in [1.807, 2.05) is 24.3 Å². The van der Waals surface area contributed by atoms with Crippen LogP contribution in [0.25, 0.3) is 0 Å². The van der Waals surface area contributed by atoms with Crippen LogP contribution in [0.4, 0.5) is 15.8 Å². The number of hydrogen-bond donors (Lipinski definition) is 1. The number of anilines is 2. The van der Waals surface area contributed by atoms with Crippen LogP contribution in [0, 0.1) is 12.7 Å². The number of ether oxygens (including phenoxy) is 1. The Morgan fingerprint density at radius 1 is 1.23 bits per heavy atom. The van der Waals surface area contributed by atoms with Gasteiger partial charge in [-0.25, -0.2) is 9.37 Å². The molecule has 4 rings (SSSR count). The Kier molecular flexibility index (Phi) is 6.08. The zero-order valence-electron chi connectivity index (χ0n) is 17.0. The quantitative estimate of drug-likeness (QED) is 0.655. The van der Waals surface area contributed by atoms with Gasteiger partial charge in [-0.15, -0.1) is 0 Å². The predicted molar refractivity (Wildman–Crippen MR) is 112 cm³/mol. The molecule has 1 unspecified atom stereocenters. The normalized spacial score (nSPS) is 15.4. The molecular weight excluding hydrogens is 401 g/mol. The van der Waals surface area contributed by atoms with E-state index in [-0.39, 0.29) is 30.8 Å². The second-order valence-corrected chi connectivity index (χ2v) is 7.30. The summed E-state index contributed by atoms with van der Waals surface area (Å²) in [6.07, 6.45) is 2.71. The molecule has 1 atom stereocenters. The van der Waals surface area contributed by atoms with Crippen LogP contribution >= 0.6 is 0 Å². The van der Waals surface area contributed by atoms with Gasteiger partial charge in [0.2, 0.25) is 11.8 Å². The van der Waals surface area contributed by atoms with E-state index in [0.29, 0.717) is 35.9 Å². The van der Waals surface area contributed by atoms with E-state index in [0.717, 1.165) is 5.56 Å². The number of aromatic nitrogens is 1. The molecule has 0 spiro atoms. The molecule has 3 aromatic rings. The van der Waals surface area contributed by atoms with Crippen molar-refractivity contribution in [3.8, 4) is 0 Å². The molecule has 2 aromatic carbocycles. The first kappa shape index (κ1) is 20.7. The smallest absolute Gasteiger partial charge is 0.253 e. The first-order valence-corrected chi connectivity index (χ1v) is 9.97. The van der Waals surface area contributed by atoms with Crippen molar-refractivity contribution in [1.29, 1.82) is 0 Å². The topological polar surface area (TPSA) is 84.7 Å². The summed E-state index contributed by atoms with van der Waals surface area (Å²) in [6.45, 7) is 1.61. The lowest BCUT2D eigenvalue weighted by Crippen LogP contribution is -2.51. The molecule has 1 aliphatic rings. The first-order chi connectivity index (χ1) is 15.0. The average molecular weight is 423 g/mol. The number of oxazole rings is 1. The highest BCUT2D eigenvalue weighted by molar-refractivity contribution is 6.06. The Morgan fingerprint density at radius 2 is 2.00 bits per heavy atom. The number of amides is 2. The van der Waals surface area contributed by atoms with E-state index in [1.54, 1.807) is 13.1 Å². The van der Waals surface area contributed by atoms with Gasteiger partial charge in [0.05, 0.1) is 6.20 Å². The first-order valence-electron chi connectivity index (χ1n) is 9.97. The Bertz CT molecular complexity index is 1080. The number of halogens is 1. The number of rotatable bonds is 6. The molecule has 2 heterocycles. The van der Waals surface area contributed by atoms with Crippen LogP contribution in [0.1, 0.15) is 23.6 Å². The van der Waals surface area contributed by atoms with Crippen LogP contribution < -0.4 is 10.2 Å². The highest BCUT2D eigenvalue weighted by Gasteiger charge is 2.35. The van der Waals surface area contributed by atoms with Crippen LogP contribution in [0.15, 0.2) is 59.1 Å². The second kappa shape index (κ2) is 9.09. The highest BCUT2D eigenvalue weighted by atomic mass is 19.1. The molecular formula is C23H22FN3O4. The third-order valence-electron chi connectivity index (χ3n) is 5.05. The van der Waals surface area contributed by atoms with Crippen LogP contribution in [-0.4, -0.2) is 29.4 Å². The molecule has 1 N–H and O–H groups in total. The van der Waals surface area contributed by atoms with Gasteiger partial charge in [-0.2, -0.15) is 0 Å². The third-order valence-corrected chi connectivity index (χ3v) is 5.05. The summed E-state index contributed by atoms with van der Waals surface area (Å²) in [5, 5.41) is 2.77. The number of para-hydroxylation sites is 1. The van der Waals surface area contributed by atoms with Gasteiger partial charge in [0.25, 0.3) is 5.91 Å². The molecule has 8 heteroatoms. The van der Waals surface area contributed by atoms with Gasteiger partial charge >= 0.3 is 0 Å². The summed E-state index contributed by atoms with van der Waals surface area (Å²) < 4.78 is 24.0. The van der Waals surface area contributed by atoms with E-state index >= 15 is 0 Å². The van der Waals surface area contributed by atoms with E-state index in [4.69, 9.17) is 9.15 Å². The zero-order chi connectivity index (χ0) is 21.8. The number of fused-ring (bicyclic) bond motifs is 1. The van der Waals surface area contributed by atoms with Gasteiger partial charge in [-0.05, 0) is 55.7 Å². The van der Waals surface area contributed by atoms with Crippen molar-refractivity contribution in [1.82, 2.24) is 4.98 Å². The fraction of sp³-hybridized carbons (Fsp3) is 0.261. The van der Waals surface area contributed by atoms with E-state index in [1.165, 1.54) is 29.2 Å². The molecule has 2 amide bonds. The van der Waals surface area contributed by atoms with Gasteiger partial charge in [-0.3, -0.25) is 14.5 Å². The molecule has 1 aromatic heterocycles. The summed E-state index contributed by atoms with van der Waals surface area (Å²) in [7, 11) is 0. The lowest BCUT2D eigenvalue weighted by Gasteiger charge is -2.36. The summed E-state index contributed by atoms with van der Waals surface area (Å²) in [4.78, 5) is 31.6. The standard InChI is InChI=1S/C23H22FN3O4/c1-15-12-25-21(31-15)13-30-14-22(28)27-19-5-3-2-4-16(19)6-11-20(27)23(29)26-18-9-7-17(24)8-10-18/h2-5,7-10,12,20H,6,11,13-14H2,1H3,(H,26,29). The van der Waals surface area contributed by atoms with E-state index < -0.39 is 6.04 Å². The maximum absolute atomic E-state index is 13.2. The number of aryl methyl sites for hydroxylation is 2. The maximum atomic E-state index is 13.2. The number of nitrogens with zero attached hydrogens (tertiary/aromatic N) is 2. The Morgan fingerprint density at radius 3 is 2.74 bits per heavy atom. The van der Waals surface area contributed by atoms with Gasteiger partial charge in [-0.1, -0.05) is 18.2 Å². The molecule has 0 radical (unpaired) electrons. The molecule has 0 aliphatic carbocycles. The predicted octanol–water partition coefficient (Wildman–Crippen LogP) is 3.63. The van der Waals surface area contributed by atoms with E-state index in [9.17, 15) is 14.0 Å². The van der Waals surface area contributed by atoms with E-state index in [2.05, 4.69) is 10.3 Å². The minimum absolute atomic E-state index is 0.0571. The van der Waals surface area contributed by atoms with Crippen molar-refractivity contribution in [3.05, 3.63) is 77.8 Å². The van der Waals surface area contributed by atoms with Crippen LogP contribution in [0.5, 0.6) is 0 Å². The monoisotopic (exact) mass is 423 g/mol. The molecule has 0 bridgehead atoms. The van der Waals surface area contributed by atoms with Crippen LogP contribution in [0.2, 0.25) is 0 Å². The summed E-state index contributed by atoms with van der Waals surface area (Å²) in [6, 6.07) is 12.3. The molecule has 7 nitrogen and oxygen atoms in total. The number of hydrogen-bond acceptors (Lipinski definition) is 5. The fourth-order valence-corrected chi connectivity index (χ4v) is 3.63. The van der Waals surface area contributed by atoms with Gasteiger partial charge in [0.1, 0.15) is 30.8 Å². The van der Waals surface area contributed by atoms with Gasteiger partial charge in [0.15, 0.2) is 0 Å². The fourth-order valence-electron chi connectivity index (χ4n) is 3.63. The zero-order valence-corrected chi connectivity index (χ0v) is 17.0. The lowest BCUT2D eigenvalue weighted by molar-refractivity contribution is -0.127. The molecule has 0 fully saturated rings. The van der Waals surface area contributed by atoms with Crippen molar-refractivity contribution in [2.75, 3.05) is 16.8 Å². The Balaban J connectivity index is 1.50.